The van der Waals surface area contributed by atoms with Crippen molar-refractivity contribution in [2.75, 3.05) is 5.75 Å². The molecule has 0 fully saturated rings. The summed E-state index contributed by atoms with van der Waals surface area (Å²) >= 11 is 7.46. The lowest BCUT2D eigenvalue weighted by molar-refractivity contribution is -0.119. The molecule has 0 aliphatic heterocycles. The fourth-order valence-corrected chi connectivity index (χ4v) is 4.64. The van der Waals surface area contributed by atoms with Crippen molar-refractivity contribution >= 4 is 29.3 Å². The predicted molar refractivity (Wildman–Crippen MR) is 134 cm³/mol. The number of carbonyl (C=O) groups excluding carboxylic acids is 1. The van der Waals surface area contributed by atoms with Gasteiger partial charge < -0.3 is 9.88 Å². The van der Waals surface area contributed by atoms with Gasteiger partial charge in [0.15, 0.2) is 11.0 Å². The van der Waals surface area contributed by atoms with Crippen molar-refractivity contribution < 1.29 is 4.79 Å². The molecule has 1 heterocycles. The zero-order valence-electron chi connectivity index (χ0n) is 18.5. The molecule has 33 heavy (non-hydrogen) atoms. The van der Waals surface area contributed by atoms with Crippen LogP contribution < -0.4 is 5.32 Å². The van der Waals surface area contributed by atoms with E-state index in [0.29, 0.717) is 5.02 Å². The Labute approximate surface area is 203 Å². The summed E-state index contributed by atoms with van der Waals surface area (Å²) in [7, 11) is 0. The highest BCUT2D eigenvalue weighted by atomic mass is 35.5. The van der Waals surface area contributed by atoms with Gasteiger partial charge in [-0.25, -0.2) is 0 Å². The van der Waals surface area contributed by atoms with Crippen LogP contribution in [0, 0.1) is 6.92 Å². The molecular weight excluding hydrogens is 452 g/mol. The molecule has 1 aromatic heterocycles. The van der Waals surface area contributed by atoms with Gasteiger partial charge in [0.2, 0.25) is 5.91 Å². The molecule has 1 unspecified atom stereocenters. The van der Waals surface area contributed by atoms with Crippen LogP contribution in [-0.4, -0.2) is 26.4 Å². The summed E-state index contributed by atoms with van der Waals surface area (Å²) in [6.45, 7) is 4.84. The fourth-order valence-electron chi connectivity index (χ4n) is 3.70. The minimum Gasteiger partial charge on any atom is -0.344 e. The van der Waals surface area contributed by atoms with E-state index in [0.717, 1.165) is 39.8 Å². The number of hydrogen-bond donors (Lipinski definition) is 1. The van der Waals surface area contributed by atoms with Gasteiger partial charge >= 0.3 is 0 Å². The second-order valence-electron chi connectivity index (χ2n) is 7.62. The Morgan fingerprint density at radius 1 is 0.970 bits per heavy atom. The lowest BCUT2D eigenvalue weighted by Gasteiger charge is -2.20. The van der Waals surface area contributed by atoms with Gasteiger partial charge in [-0.1, -0.05) is 90.1 Å². The van der Waals surface area contributed by atoms with Gasteiger partial charge in [0, 0.05) is 17.1 Å². The third-order valence-corrected chi connectivity index (χ3v) is 6.61. The summed E-state index contributed by atoms with van der Waals surface area (Å²) in [6, 6.07) is 25.3. The molecule has 168 valence electrons. The Morgan fingerprint density at radius 3 is 2.33 bits per heavy atom. The van der Waals surface area contributed by atoms with Crippen molar-refractivity contribution in [3.8, 4) is 11.4 Å². The van der Waals surface area contributed by atoms with Crippen molar-refractivity contribution in [2.45, 2.75) is 31.6 Å². The first-order valence-corrected chi connectivity index (χ1v) is 12.1. The molecule has 4 rings (SSSR count). The first-order valence-electron chi connectivity index (χ1n) is 10.8. The van der Waals surface area contributed by atoms with Crippen molar-refractivity contribution in [1.82, 2.24) is 20.1 Å². The molecule has 4 aromatic rings. The molecule has 0 radical (unpaired) electrons. The lowest BCUT2D eigenvalue weighted by atomic mass is 9.99. The maximum absolute atomic E-state index is 13.0. The minimum absolute atomic E-state index is 0.0769. The molecule has 1 atom stereocenters. The van der Waals surface area contributed by atoms with Gasteiger partial charge in [0.05, 0.1) is 11.8 Å². The summed E-state index contributed by atoms with van der Waals surface area (Å²) in [5, 5.41) is 13.3. The van der Waals surface area contributed by atoms with Gasteiger partial charge in [-0.2, -0.15) is 0 Å². The number of halogens is 1. The molecule has 0 saturated carbocycles. The van der Waals surface area contributed by atoms with Crippen LogP contribution in [0.4, 0.5) is 0 Å². The van der Waals surface area contributed by atoms with E-state index in [1.165, 1.54) is 11.8 Å². The van der Waals surface area contributed by atoms with Crippen LogP contribution in [0.2, 0.25) is 5.02 Å². The Morgan fingerprint density at radius 2 is 1.64 bits per heavy atom. The van der Waals surface area contributed by atoms with Crippen molar-refractivity contribution in [1.29, 1.82) is 0 Å². The van der Waals surface area contributed by atoms with E-state index in [-0.39, 0.29) is 17.7 Å². The number of amides is 1. The number of hydrogen-bond acceptors (Lipinski definition) is 4. The molecule has 7 heteroatoms. The number of thioether (sulfide) groups is 1. The summed E-state index contributed by atoms with van der Waals surface area (Å²) in [5.74, 6) is 0.983. The zero-order chi connectivity index (χ0) is 23.2. The smallest absolute Gasteiger partial charge is 0.231 e. The van der Waals surface area contributed by atoms with Gasteiger partial charge in [-0.15, -0.1) is 10.2 Å². The van der Waals surface area contributed by atoms with Crippen LogP contribution in [0.1, 0.15) is 29.7 Å². The molecule has 0 spiro atoms. The number of rotatable bonds is 8. The van der Waals surface area contributed by atoms with Crippen LogP contribution >= 0.6 is 23.4 Å². The zero-order valence-corrected chi connectivity index (χ0v) is 20.1. The number of aryl methyl sites for hydroxylation is 1. The van der Waals surface area contributed by atoms with Gasteiger partial charge in [-0.05, 0) is 42.7 Å². The molecule has 1 amide bonds. The average molecular weight is 477 g/mol. The maximum Gasteiger partial charge on any atom is 0.231 e. The Bertz CT molecular complexity index is 1220. The Balaban J connectivity index is 1.50. The van der Waals surface area contributed by atoms with Crippen molar-refractivity contribution in [3.63, 3.8) is 0 Å². The first kappa shape index (κ1) is 23.1. The quantitative estimate of drug-likeness (QED) is 0.320. The van der Waals surface area contributed by atoms with Gasteiger partial charge in [-0.3, -0.25) is 4.79 Å². The molecule has 0 aliphatic rings. The topological polar surface area (TPSA) is 59.8 Å². The summed E-state index contributed by atoms with van der Waals surface area (Å²) in [6.07, 6.45) is 0. The van der Waals surface area contributed by atoms with E-state index in [1.54, 1.807) is 0 Å². The maximum atomic E-state index is 13.0. The highest BCUT2D eigenvalue weighted by Crippen LogP contribution is 2.27. The van der Waals surface area contributed by atoms with Crippen LogP contribution in [0.3, 0.4) is 0 Å². The molecule has 5 nitrogen and oxygen atoms in total. The molecule has 0 saturated heterocycles. The van der Waals surface area contributed by atoms with Gasteiger partial charge in [0.25, 0.3) is 0 Å². The van der Waals surface area contributed by atoms with Crippen LogP contribution in [0.25, 0.3) is 11.4 Å². The summed E-state index contributed by atoms with van der Waals surface area (Å²) in [5.41, 5.74) is 4.18. The molecule has 3 aromatic carbocycles. The van der Waals surface area contributed by atoms with Gasteiger partial charge in [0.1, 0.15) is 0 Å². The second-order valence-corrected chi connectivity index (χ2v) is 9.00. The third-order valence-electron chi connectivity index (χ3n) is 5.39. The number of benzene rings is 3. The van der Waals surface area contributed by atoms with Crippen molar-refractivity contribution in [3.05, 3.63) is 101 Å². The van der Waals surface area contributed by atoms with Crippen LogP contribution in [-0.2, 0) is 11.3 Å². The van der Waals surface area contributed by atoms with E-state index >= 15 is 0 Å². The normalized spacial score (nSPS) is 11.8. The molecule has 1 N–H and O–H groups in total. The number of aromatic nitrogens is 3. The average Bonchev–Trinajstić information content (AvgIpc) is 3.25. The monoisotopic (exact) mass is 476 g/mol. The first-order chi connectivity index (χ1) is 16.1. The molecular formula is C26H25ClN4OS. The second kappa shape index (κ2) is 10.7. The Hall–Kier alpha value is -3.09. The third kappa shape index (κ3) is 5.46. The summed E-state index contributed by atoms with van der Waals surface area (Å²) in [4.78, 5) is 13.0. The summed E-state index contributed by atoms with van der Waals surface area (Å²) < 4.78 is 2.05. The predicted octanol–water partition coefficient (Wildman–Crippen LogP) is 5.92. The number of nitrogens with one attached hydrogen (secondary N) is 1. The standard InChI is InChI=1S/C26H25ClN4OS/c1-3-31-25(22-12-8-7-9-18(22)2)29-30-26(31)33-17-23(32)28-24(19-10-5-4-6-11-19)20-13-15-21(27)16-14-20/h4-16,24H,3,17H2,1-2H3,(H,28,32). The van der Waals surface area contributed by atoms with Crippen molar-refractivity contribution in [2.24, 2.45) is 0 Å². The number of carbonyl (C=O) groups is 1. The largest absolute Gasteiger partial charge is 0.344 e. The van der Waals surface area contributed by atoms with E-state index < -0.39 is 0 Å². The van der Waals surface area contributed by atoms with E-state index in [2.05, 4.69) is 35.4 Å². The lowest BCUT2D eigenvalue weighted by Crippen LogP contribution is -2.30. The highest BCUT2D eigenvalue weighted by molar-refractivity contribution is 7.99. The molecule has 0 bridgehead atoms. The van der Waals surface area contributed by atoms with Crippen LogP contribution in [0.5, 0.6) is 0 Å². The highest BCUT2D eigenvalue weighted by Gasteiger charge is 2.19. The fraction of sp³-hybridized carbons (Fsp3) is 0.192. The minimum atomic E-state index is -0.261. The Kier molecular flexibility index (Phi) is 7.47. The van der Waals surface area contributed by atoms with E-state index in [1.807, 2.05) is 77.4 Å². The number of nitrogens with zero attached hydrogens (tertiary/aromatic N) is 3. The van der Waals surface area contributed by atoms with E-state index in [9.17, 15) is 4.79 Å². The van der Waals surface area contributed by atoms with E-state index in [4.69, 9.17) is 11.6 Å². The molecule has 0 aliphatic carbocycles. The van der Waals surface area contributed by atoms with Crippen LogP contribution in [0.15, 0.2) is 84.0 Å². The SMILES string of the molecule is CCn1c(SCC(=O)NC(c2ccccc2)c2ccc(Cl)cc2)nnc1-c1ccccc1C.